The van der Waals surface area contributed by atoms with Gasteiger partial charge in [0, 0.05) is 12.2 Å². The van der Waals surface area contributed by atoms with Crippen molar-refractivity contribution < 1.29 is 21.6 Å². The second-order valence-corrected chi connectivity index (χ2v) is 5.75. The Balaban J connectivity index is 2.73. The summed E-state index contributed by atoms with van der Waals surface area (Å²) in [7, 11) is -3.56. The Kier molecular flexibility index (Phi) is 4.97. The molecule has 0 radical (unpaired) electrons. The van der Waals surface area contributed by atoms with Crippen LogP contribution in [0.25, 0.3) is 0 Å². The molecule has 0 aliphatic carbocycles. The largest absolute Gasteiger partial charge is 0.417 e. The van der Waals surface area contributed by atoms with Gasteiger partial charge in [0.15, 0.2) is 0 Å². The van der Waals surface area contributed by atoms with E-state index in [-0.39, 0.29) is 18.7 Å². The molecule has 0 unspecified atom stereocenters. The number of nitrogens with zero attached hydrogens (tertiary/aromatic N) is 1. The highest BCUT2D eigenvalue weighted by Crippen LogP contribution is 2.32. The first kappa shape index (κ1) is 16.3. The van der Waals surface area contributed by atoms with Gasteiger partial charge in [-0.1, -0.05) is 0 Å². The molecule has 0 heterocycles. The number of sulfonamides is 1. The second-order valence-electron chi connectivity index (χ2n) is 4.02. The number of anilines is 1. The predicted octanol–water partition coefficient (Wildman–Crippen LogP) is 1.67. The highest BCUT2D eigenvalue weighted by Gasteiger charge is 2.33. The van der Waals surface area contributed by atoms with Gasteiger partial charge in [0.05, 0.1) is 22.9 Å². The third-order valence-electron chi connectivity index (χ3n) is 2.38. The summed E-state index contributed by atoms with van der Waals surface area (Å²) in [5, 5.41) is 16.2. The zero-order chi connectivity index (χ0) is 15.4. The zero-order valence-corrected chi connectivity index (χ0v) is 11.1. The molecule has 1 rings (SSSR count). The Morgan fingerprint density at radius 2 is 2.00 bits per heavy atom. The molecule has 0 fully saturated rings. The summed E-state index contributed by atoms with van der Waals surface area (Å²) < 4.78 is 59.0. The lowest BCUT2D eigenvalue weighted by Gasteiger charge is -2.11. The van der Waals surface area contributed by atoms with Crippen molar-refractivity contribution in [1.82, 2.24) is 0 Å². The smallest absolute Gasteiger partial charge is 0.385 e. The first-order valence-corrected chi connectivity index (χ1v) is 7.21. The molecule has 0 aromatic heterocycles. The number of hydrogen-bond acceptors (Lipinski definition) is 4. The Morgan fingerprint density at radius 3 is 2.50 bits per heavy atom. The number of benzene rings is 1. The fourth-order valence-electron chi connectivity index (χ4n) is 1.50. The van der Waals surface area contributed by atoms with E-state index in [1.165, 1.54) is 12.1 Å². The predicted molar refractivity (Wildman–Crippen MR) is 67.2 cm³/mol. The molecule has 5 nitrogen and oxygen atoms in total. The molecule has 0 bridgehead atoms. The number of alkyl halides is 3. The molecule has 0 aliphatic heterocycles. The van der Waals surface area contributed by atoms with E-state index in [1.807, 2.05) is 0 Å². The molecule has 0 amide bonds. The van der Waals surface area contributed by atoms with Gasteiger partial charge in [0.25, 0.3) is 0 Å². The van der Waals surface area contributed by atoms with Crippen molar-refractivity contribution in [2.75, 3.05) is 17.6 Å². The van der Waals surface area contributed by atoms with Crippen molar-refractivity contribution in [2.45, 2.75) is 12.6 Å². The number of nitrogens with two attached hydrogens (primary N) is 1. The van der Waals surface area contributed by atoms with Crippen LogP contribution in [0.1, 0.15) is 17.5 Å². The Hall–Kier alpha value is -1.79. The zero-order valence-electron chi connectivity index (χ0n) is 10.2. The number of nitriles is 1. The summed E-state index contributed by atoms with van der Waals surface area (Å²) in [6.07, 6.45) is -4.38. The van der Waals surface area contributed by atoms with Crippen LogP contribution in [0, 0.1) is 11.3 Å². The third kappa shape index (κ3) is 5.07. The first-order chi connectivity index (χ1) is 9.13. The maximum absolute atomic E-state index is 12.6. The maximum Gasteiger partial charge on any atom is 0.417 e. The van der Waals surface area contributed by atoms with Crippen LogP contribution in [0.3, 0.4) is 0 Å². The average Bonchev–Trinajstić information content (AvgIpc) is 2.32. The van der Waals surface area contributed by atoms with Crippen LogP contribution in [0.4, 0.5) is 18.9 Å². The van der Waals surface area contributed by atoms with Crippen molar-refractivity contribution in [3.63, 3.8) is 0 Å². The van der Waals surface area contributed by atoms with Crippen molar-refractivity contribution in [3.8, 4) is 6.07 Å². The molecule has 0 saturated heterocycles. The van der Waals surface area contributed by atoms with E-state index in [9.17, 15) is 21.6 Å². The van der Waals surface area contributed by atoms with Crippen LogP contribution in [-0.2, 0) is 16.2 Å². The molecule has 1 aromatic carbocycles. The minimum atomic E-state index is -4.59. The van der Waals surface area contributed by atoms with E-state index in [0.717, 1.165) is 12.1 Å². The summed E-state index contributed by atoms with van der Waals surface area (Å²) in [6.45, 7) is 0.215. The molecule has 0 saturated carbocycles. The van der Waals surface area contributed by atoms with E-state index in [4.69, 9.17) is 10.4 Å². The van der Waals surface area contributed by atoms with Gasteiger partial charge < -0.3 is 5.32 Å². The SMILES string of the molecule is N#Cc1cc(NCCCS(N)(=O)=O)ccc1C(F)(F)F. The molecule has 110 valence electrons. The van der Waals surface area contributed by atoms with Gasteiger partial charge in [0.2, 0.25) is 10.0 Å². The Labute approximate surface area is 114 Å². The highest BCUT2D eigenvalue weighted by atomic mass is 32.2. The highest BCUT2D eigenvalue weighted by molar-refractivity contribution is 7.89. The third-order valence-corrected chi connectivity index (χ3v) is 3.24. The van der Waals surface area contributed by atoms with Gasteiger partial charge in [-0.15, -0.1) is 0 Å². The lowest BCUT2D eigenvalue weighted by Crippen LogP contribution is -2.18. The standard InChI is InChI=1S/C11H12F3N3O2S/c12-11(13,14)10-3-2-9(6-8(10)7-15)17-4-1-5-20(16,18)19/h2-3,6,17H,1,4-5H2,(H2,16,18,19). The maximum atomic E-state index is 12.6. The van der Waals surface area contributed by atoms with Gasteiger partial charge >= 0.3 is 6.18 Å². The fraction of sp³-hybridized carbons (Fsp3) is 0.364. The number of rotatable bonds is 5. The van der Waals surface area contributed by atoms with Gasteiger partial charge in [0.1, 0.15) is 0 Å². The summed E-state index contributed by atoms with van der Waals surface area (Å²) in [5.74, 6) is -0.230. The van der Waals surface area contributed by atoms with Crippen molar-refractivity contribution in [3.05, 3.63) is 29.3 Å². The lowest BCUT2D eigenvalue weighted by molar-refractivity contribution is -0.137. The van der Waals surface area contributed by atoms with Crippen LogP contribution in [0.2, 0.25) is 0 Å². The molecule has 1 aromatic rings. The van der Waals surface area contributed by atoms with Crippen LogP contribution in [0.15, 0.2) is 18.2 Å². The molecule has 9 heteroatoms. The number of primary sulfonamides is 1. The van der Waals surface area contributed by atoms with E-state index < -0.39 is 27.3 Å². The number of nitrogens with one attached hydrogen (secondary N) is 1. The second kappa shape index (κ2) is 6.11. The molecule has 0 spiro atoms. The topological polar surface area (TPSA) is 96.0 Å². The number of hydrogen-bond donors (Lipinski definition) is 2. The minimum Gasteiger partial charge on any atom is -0.385 e. The monoisotopic (exact) mass is 307 g/mol. The quantitative estimate of drug-likeness (QED) is 0.809. The lowest BCUT2D eigenvalue weighted by atomic mass is 10.1. The summed E-state index contributed by atoms with van der Waals surface area (Å²) in [4.78, 5) is 0. The van der Waals surface area contributed by atoms with Gasteiger partial charge in [-0.05, 0) is 24.6 Å². The van der Waals surface area contributed by atoms with E-state index in [1.54, 1.807) is 0 Å². The normalized spacial score (nSPS) is 11.9. The van der Waals surface area contributed by atoms with Crippen LogP contribution < -0.4 is 10.5 Å². The molecular weight excluding hydrogens is 295 g/mol. The van der Waals surface area contributed by atoms with Crippen LogP contribution in [-0.4, -0.2) is 20.7 Å². The first-order valence-electron chi connectivity index (χ1n) is 5.49. The average molecular weight is 307 g/mol. The molecular formula is C11H12F3N3O2S. The fourth-order valence-corrected chi connectivity index (χ4v) is 2.05. The van der Waals surface area contributed by atoms with E-state index >= 15 is 0 Å². The Bertz CT molecular complexity index is 621. The van der Waals surface area contributed by atoms with Crippen LogP contribution >= 0.6 is 0 Å². The van der Waals surface area contributed by atoms with Crippen molar-refractivity contribution in [2.24, 2.45) is 5.14 Å². The molecule has 0 atom stereocenters. The molecule has 20 heavy (non-hydrogen) atoms. The summed E-state index contributed by atoms with van der Waals surface area (Å²) >= 11 is 0. The summed E-state index contributed by atoms with van der Waals surface area (Å²) in [5.41, 5.74) is -1.19. The molecule has 3 N–H and O–H groups in total. The van der Waals surface area contributed by atoms with E-state index in [2.05, 4.69) is 5.32 Å². The van der Waals surface area contributed by atoms with Gasteiger partial charge in [-0.3, -0.25) is 0 Å². The van der Waals surface area contributed by atoms with Crippen molar-refractivity contribution in [1.29, 1.82) is 5.26 Å². The minimum absolute atomic E-state index is 0.210. The van der Waals surface area contributed by atoms with Crippen molar-refractivity contribution >= 4 is 15.7 Å². The van der Waals surface area contributed by atoms with E-state index in [0.29, 0.717) is 5.69 Å². The van der Waals surface area contributed by atoms with Gasteiger partial charge in [-0.2, -0.15) is 18.4 Å². The Morgan fingerprint density at radius 1 is 1.35 bits per heavy atom. The van der Waals surface area contributed by atoms with Gasteiger partial charge in [-0.25, -0.2) is 13.6 Å². The van der Waals surface area contributed by atoms with Crippen LogP contribution in [0.5, 0.6) is 0 Å². The molecule has 0 aliphatic rings. The summed E-state index contributed by atoms with van der Waals surface area (Å²) in [6, 6.07) is 4.54. The number of halogens is 3.